The van der Waals surface area contributed by atoms with E-state index in [-0.39, 0.29) is 30.6 Å². The summed E-state index contributed by atoms with van der Waals surface area (Å²) in [6.07, 6.45) is -3.23. The lowest BCUT2D eigenvalue weighted by Gasteiger charge is -2.23. The number of carbonyl (C=O) groups is 1. The van der Waals surface area contributed by atoms with Crippen molar-refractivity contribution in [2.45, 2.75) is 25.1 Å². The van der Waals surface area contributed by atoms with E-state index in [9.17, 15) is 22.4 Å². The molecule has 1 aliphatic heterocycles. The first-order valence-electron chi connectivity index (χ1n) is 6.21. The smallest absolute Gasteiger partial charge is 0.334 e. The van der Waals surface area contributed by atoms with Crippen LogP contribution in [0.2, 0.25) is 0 Å². The molecule has 1 saturated heterocycles. The van der Waals surface area contributed by atoms with E-state index < -0.39 is 23.5 Å². The van der Waals surface area contributed by atoms with Crippen LogP contribution in [0.25, 0.3) is 0 Å². The molecule has 118 valence electrons. The monoisotopic (exact) mass is 326 g/mol. The molecule has 8 heteroatoms. The van der Waals surface area contributed by atoms with Gasteiger partial charge < -0.3 is 10.6 Å². The Bertz CT molecular complexity index is 521. The summed E-state index contributed by atoms with van der Waals surface area (Å²) in [5.74, 6) is -1.69. The van der Waals surface area contributed by atoms with E-state index in [1.807, 2.05) is 0 Å². The minimum absolute atomic E-state index is 0. The average Bonchev–Trinajstić information content (AvgIpc) is 2.84. The van der Waals surface area contributed by atoms with Gasteiger partial charge in [0.05, 0.1) is 5.56 Å². The zero-order chi connectivity index (χ0) is 14.9. The van der Waals surface area contributed by atoms with Gasteiger partial charge in [-0.3, -0.25) is 4.79 Å². The molecule has 0 aromatic heterocycles. The molecule has 2 N–H and O–H groups in total. The minimum atomic E-state index is -4.69. The molecular weight excluding hydrogens is 312 g/mol. The highest BCUT2D eigenvalue weighted by Gasteiger charge is 2.34. The molecule has 0 bridgehead atoms. The van der Waals surface area contributed by atoms with Crippen LogP contribution >= 0.6 is 12.4 Å². The van der Waals surface area contributed by atoms with Gasteiger partial charge in [0, 0.05) is 24.7 Å². The highest BCUT2D eigenvalue weighted by molar-refractivity contribution is 5.94. The van der Waals surface area contributed by atoms with Crippen LogP contribution in [-0.4, -0.2) is 29.9 Å². The summed E-state index contributed by atoms with van der Waals surface area (Å²) < 4.78 is 51.1. The molecule has 1 atom stereocenters. The lowest BCUT2D eigenvalue weighted by molar-refractivity contribution is -0.137. The summed E-state index contributed by atoms with van der Waals surface area (Å²) in [7, 11) is 0. The van der Waals surface area contributed by atoms with Crippen LogP contribution in [0.3, 0.4) is 0 Å². The molecule has 1 aromatic rings. The first-order valence-corrected chi connectivity index (χ1v) is 6.21. The second-order valence-corrected chi connectivity index (χ2v) is 4.76. The Morgan fingerprint density at radius 3 is 2.57 bits per heavy atom. The van der Waals surface area contributed by atoms with Gasteiger partial charge in [0.1, 0.15) is 5.82 Å². The number of benzene rings is 1. The van der Waals surface area contributed by atoms with E-state index in [1.54, 1.807) is 0 Å². The van der Waals surface area contributed by atoms with Gasteiger partial charge in [0.15, 0.2) is 0 Å². The van der Waals surface area contributed by atoms with Crippen molar-refractivity contribution in [1.82, 2.24) is 4.90 Å². The lowest BCUT2D eigenvalue weighted by Crippen LogP contribution is -2.40. The third kappa shape index (κ3) is 3.85. The molecule has 1 unspecified atom stereocenters. The highest BCUT2D eigenvalue weighted by atomic mass is 35.5. The number of nitrogens with two attached hydrogens (primary N) is 1. The van der Waals surface area contributed by atoms with E-state index >= 15 is 0 Å². The SMILES string of the molecule is Cl.NCC1CCCN1C(=O)c1cc(F)cc(C(F)(F)F)c1. The second kappa shape index (κ2) is 6.62. The summed E-state index contributed by atoms with van der Waals surface area (Å²) in [4.78, 5) is 13.6. The van der Waals surface area contributed by atoms with E-state index in [1.165, 1.54) is 4.90 Å². The quantitative estimate of drug-likeness (QED) is 0.850. The number of hydrogen-bond donors (Lipinski definition) is 1. The van der Waals surface area contributed by atoms with Gasteiger partial charge in [-0.25, -0.2) is 4.39 Å². The van der Waals surface area contributed by atoms with Gasteiger partial charge >= 0.3 is 6.18 Å². The maximum atomic E-state index is 13.3. The molecule has 1 heterocycles. The van der Waals surface area contributed by atoms with Gasteiger partial charge in [-0.15, -0.1) is 12.4 Å². The minimum Gasteiger partial charge on any atom is -0.334 e. The number of alkyl halides is 3. The van der Waals surface area contributed by atoms with E-state index in [0.717, 1.165) is 12.5 Å². The van der Waals surface area contributed by atoms with Gasteiger partial charge in [-0.05, 0) is 31.0 Å². The Morgan fingerprint density at radius 2 is 2.00 bits per heavy atom. The van der Waals surface area contributed by atoms with Crippen molar-refractivity contribution in [3.63, 3.8) is 0 Å². The van der Waals surface area contributed by atoms with Crippen molar-refractivity contribution in [3.05, 3.63) is 35.1 Å². The molecule has 1 aromatic carbocycles. The van der Waals surface area contributed by atoms with E-state index in [0.29, 0.717) is 25.1 Å². The van der Waals surface area contributed by atoms with Crippen molar-refractivity contribution in [1.29, 1.82) is 0 Å². The van der Waals surface area contributed by atoms with Crippen molar-refractivity contribution in [2.24, 2.45) is 5.73 Å². The molecule has 0 radical (unpaired) electrons. The van der Waals surface area contributed by atoms with E-state index in [2.05, 4.69) is 0 Å². The van der Waals surface area contributed by atoms with Gasteiger partial charge in [0.25, 0.3) is 5.91 Å². The molecule has 1 fully saturated rings. The number of hydrogen-bond acceptors (Lipinski definition) is 2. The zero-order valence-corrected chi connectivity index (χ0v) is 11.8. The molecule has 1 amide bonds. The average molecular weight is 327 g/mol. The van der Waals surface area contributed by atoms with Crippen molar-refractivity contribution in [3.8, 4) is 0 Å². The molecule has 21 heavy (non-hydrogen) atoms. The van der Waals surface area contributed by atoms with Crippen molar-refractivity contribution >= 4 is 18.3 Å². The molecular formula is C13H15ClF4N2O. The van der Waals surface area contributed by atoms with Gasteiger partial charge in [0.2, 0.25) is 0 Å². The Hall–Kier alpha value is -1.34. The summed E-state index contributed by atoms with van der Waals surface area (Å²) in [5, 5.41) is 0. The maximum Gasteiger partial charge on any atom is 0.416 e. The van der Waals surface area contributed by atoms with Crippen LogP contribution in [0, 0.1) is 5.82 Å². The fourth-order valence-electron chi connectivity index (χ4n) is 2.39. The summed E-state index contributed by atoms with van der Waals surface area (Å²) in [6.45, 7) is 0.672. The standard InChI is InChI=1S/C13H14F4N2O.ClH/c14-10-5-8(4-9(6-10)13(15,16)17)12(20)19-3-1-2-11(19)7-18;/h4-6,11H,1-3,7,18H2;1H. The lowest BCUT2D eigenvalue weighted by atomic mass is 10.1. The summed E-state index contributed by atoms with van der Waals surface area (Å²) in [5.41, 5.74) is 4.06. The molecule has 0 spiro atoms. The third-order valence-electron chi connectivity index (χ3n) is 3.38. The van der Waals surface area contributed by atoms with Crippen LogP contribution < -0.4 is 5.73 Å². The predicted octanol–water partition coefficient (Wildman–Crippen LogP) is 2.83. The second-order valence-electron chi connectivity index (χ2n) is 4.76. The van der Waals surface area contributed by atoms with Crippen LogP contribution in [0.1, 0.15) is 28.8 Å². The number of likely N-dealkylation sites (tertiary alicyclic amines) is 1. The number of nitrogens with zero attached hydrogens (tertiary/aromatic N) is 1. The normalized spacial score (nSPS) is 18.5. The predicted molar refractivity (Wildman–Crippen MR) is 71.8 cm³/mol. The first kappa shape index (κ1) is 17.7. The van der Waals surface area contributed by atoms with Gasteiger partial charge in [-0.2, -0.15) is 13.2 Å². The number of carbonyl (C=O) groups excluding carboxylic acids is 1. The Kier molecular flexibility index (Phi) is 5.58. The zero-order valence-electron chi connectivity index (χ0n) is 11.0. The fourth-order valence-corrected chi connectivity index (χ4v) is 2.39. The number of amides is 1. The van der Waals surface area contributed by atoms with Crippen LogP contribution in [0.5, 0.6) is 0 Å². The van der Waals surface area contributed by atoms with Crippen LogP contribution in [-0.2, 0) is 6.18 Å². The molecule has 0 aliphatic carbocycles. The first-order chi connectivity index (χ1) is 9.32. The van der Waals surface area contributed by atoms with E-state index in [4.69, 9.17) is 5.73 Å². The fraction of sp³-hybridized carbons (Fsp3) is 0.462. The molecule has 0 saturated carbocycles. The molecule has 2 rings (SSSR count). The van der Waals surface area contributed by atoms with Gasteiger partial charge in [-0.1, -0.05) is 0 Å². The largest absolute Gasteiger partial charge is 0.416 e. The summed E-state index contributed by atoms with van der Waals surface area (Å²) >= 11 is 0. The van der Waals surface area contributed by atoms with Crippen LogP contribution in [0.4, 0.5) is 17.6 Å². The Morgan fingerprint density at radius 1 is 1.33 bits per heavy atom. The highest BCUT2D eigenvalue weighted by Crippen LogP contribution is 2.31. The van der Waals surface area contributed by atoms with Crippen molar-refractivity contribution in [2.75, 3.05) is 13.1 Å². The molecule has 1 aliphatic rings. The third-order valence-corrected chi connectivity index (χ3v) is 3.38. The van der Waals surface area contributed by atoms with Crippen molar-refractivity contribution < 1.29 is 22.4 Å². The summed E-state index contributed by atoms with van der Waals surface area (Å²) in [6, 6.07) is 1.68. The topological polar surface area (TPSA) is 46.3 Å². The maximum absolute atomic E-state index is 13.3. The molecule has 3 nitrogen and oxygen atoms in total. The number of rotatable bonds is 2. The van der Waals surface area contributed by atoms with Crippen LogP contribution in [0.15, 0.2) is 18.2 Å². The Labute approximate surface area is 125 Å². The number of halogens is 5. The Balaban J connectivity index is 0.00000220.